The third-order valence-electron chi connectivity index (χ3n) is 6.61. The molecule has 1 aromatic carbocycles. The van der Waals surface area contributed by atoms with E-state index in [0.717, 1.165) is 35.6 Å². The molecule has 4 aromatic rings. The van der Waals surface area contributed by atoms with Crippen molar-refractivity contribution >= 4 is 11.5 Å². The predicted octanol–water partition coefficient (Wildman–Crippen LogP) is 4.30. The van der Waals surface area contributed by atoms with Crippen LogP contribution in [0.3, 0.4) is 0 Å². The van der Waals surface area contributed by atoms with E-state index < -0.39 is 0 Å². The van der Waals surface area contributed by atoms with Gasteiger partial charge < -0.3 is 15.3 Å². The standard InChI is InChI=1S/C26H31N7O/c1-25(2)13-18(14-26(3,4)31-25)32(5)23-9-8-20(29-30-23)19-7-6-17(12-22(19)34)21-15-28-24-16-27-10-11-33(21)24/h6-12,15-16,18,31,34H,13-14H2,1-5H3. The van der Waals surface area contributed by atoms with Crippen molar-refractivity contribution in [3.8, 4) is 28.3 Å². The molecule has 1 fully saturated rings. The van der Waals surface area contributed by atoms with Crippen molar-refractivity contribution in [2.45, 2.75) is 57.7 Å². The molecule has 8 nitrogen and oxygen atoms in total. The zero-order chi connectivity index (χ0) is 24.1. The van der Waals surface area contributed by atoms with Crippen LogP contribution in [-0.2, 0) is 0 Å². The van der Waals surface area contributed by atoms with Crippen molar-refractivity contribution in [1.29, 1.82) is 0 Å². The fraction of sp³-hybridized carbons (Fsp3) is 0.385. The lowest BCUT2D eigenvalue weighted by Gasteiger charge is -2.49. The molecule has 4 heterocycles. The van der Waals surface area contributed by atoms with Gasteiger partial charge in [0.15, 0.2) is 11.5 Å². The summed E-state index contributed by atoms with van der Waals surface area (Å²) in [6.07, 6.45) is 9.10. The van der Waals surface area contributed by atoms with Crippen molar-refractivity contribution in [2.75, 3.05) is 11.9 Å². The first-order valence-corrected chi connectivity index (χ1v) is 11.6. The first-order valence-electron chi connectivity index (χ1n) is 11.6. The second-order valence-electron chi connectivity index (χ2n) is 10.5. The van der Waals surface area contributed by atoms with Crippen LogP contribution in [0.5, 0.6) is 5.75 Å². The molecular weight excluding hydrogens is 426 g/mol. The van der Waals surface area contributed by atoms with Gasteiger partial charge in [0.1, 0.15) is 5.75 Å². The molecular formula is C26H31N7O. The lowest BCUT2D eigenvalue weighted by Crippen LogP contribution is -2.62. The van der Waals surface area contributed by atoms with Gasteiger partial charge in [0.25, 0.3) is 0 Å². The fourth-order valence-corrected chi connectivity index (χ4v) is 5.35. The Bertz CT molecular complexity index is 1310. The lowest BCUT2D eigenvalue weighted by molar-refractivity contribution is 0.160. The molecule has 0 bridgehead atoms. The number of hydrogen-bond donors (Lipinski definition) is 2. The number of imidazole rings is 1. The Hall–Kier alpha value is -3.52. The van der Waals surface area contributed by atoms with Crippen LogP contribution in [0.4, 0.5) is 5.82 Å². The number of anilines is 1. The molecule has 1 aliphatic rings. The summed E-state index contributed by atoms with van der Waals surface area (Å²) in [4.78, 5) is 10.7. The van der Waals surface area contributed by atoms with Gasteiger partial charge in [-0.05, 0) is 64.8 Å². The normalized spacial score (nSPS) is 17.7. The second kappa shape index (κ2) is 8.06. The SMILES string of the molecule is CN(c1ccc(-c2ccc(-c3cnc4cnccn34)cc2O)nn1)C1CC(C)(C)NC(C)(C)C1. The van der Waals surface area contributed by atoms with E-state index in [1.165, 1.54) is 0 Å². The molecule has 0 unspecified atom stereocenters. The number of nitrogens with zero attached hydrogens (tertiary/aromatic N) is 6. The van der Waals surface area contributed by atoms with Gasteiger partial charge in [-0.3, -0.25) is 9.38 Å². The Morgan fingerprint density at radius 2 is 1.79 bits per heavy atom. The Labute approximate surface area is 199 Å². The minimum atomic E-state index is 0.0545. The molecule has 0 amide bonds. The maximum absolute atomic E-state index is 10.8. The number of hydrogen-bond acceptors (Lipinski definition) is 7. The summed E-state index contributed by atoms with van der Waals surface area (Å²) in [5.41, 5.74) is 3.89. The monoisotopic (exact) mass is 457 g/mol. The topological polar surface area (TPSA) is 91.5 Å². The number of phenolic OH excluding ortho intramolecular Hbond substituents is 1. The van der Waals surface area contributed by atoms with Crippen LogP contribution in [0.25, 0.3) is 28.2 Å². The van der Waals surface area contributed by atoms with Gasteiger partial charge in [0.05, 0.1) is 23.8 Å². The zero-order valence-corrected chi connectivity index (χ0v) is 20.3. The van der Waals surface area contributed by atoms with Gasteiger partial charge in [-0.1, -0.05) is 6.07 Å². The van der Waals surface area contributed by atoms with Gasteiger partial charge >= 0.3 is 0 Å². The maximum atomic E-state index is 10.8. The van der Waals surface area contributed by atoms with Crippen LogP contribution in [0.2, 0.25) is 0 Å². The molecule has 0 saturated carbocycles. The Morgan fingerprint density at radius 3 is 2.47 bits per heavy atom. The molecule has 34 heavy (non-hydrogen) atoms. The fourth-order valence-electron chi connectivity index (χ4n) is 5.35. The molecule has 176 valence electrons. The van der Waals surface area contributed by atoms with Crippen molar-refractivity contribution in [3.63, 3.8) is 0 Å². The van der Waals surface area contributed by atoms with Gasteiger partial charge in [0.2, 0.25) is 0 Å². The van der Waals surface area contributed by atoms with E-state index in [1.807, 2.05) is 34.9 Å². The maximum Gasteiger partial charge on any atom is 0.155 e. The van der Waals surface area contributed by atoms with Gasteiger partial charge in [-0.15, -0.1) is 10.2 Å². The van der Waals surface area contributed by atoms with Gasteiger partial charge in [0, 0.05) is 47.7 Å². The molecule has 3 aromatic heterocycles. The average Bonchev–Trinajstić information content (AvgIpc) is 3.21. The Balaban J connectivity index is 1.38. The number of piperidine rings is 1. The van der Waals surface area contributed by atoms with Crippen LogP contribution < -0.4 is 10.2 Å². The third-order valence-corrected chi connectivity index (χ3v) is 6.61. The van der Waals surface area contributed by atoms with E-state index in [4.69, 9.17) is 0 Å². The van der Waals surface area contributed by atoms with Crippen LogP contribution in [0.1, 0.15) is 40.5 Å². The van der Waals surface area contributed by atoms with Crippen molar-refractivity contribution in [1.82, 2.24) is 29.9 Å². The third kappa shape index (κ3) is 4.21. The van der Waals surface area contributed by atoms with Crippen LogP contribution in [0, 0.1) is 0 Å². The number of nitrogens with one attached hydrogen (secondary N) is 1. The molecule has 0 spiro atoms. The molecule has 0 atom stereocenters. The zero-order valence-electron chi connectivity index (χ0n) is 20.3. The van der Waals surface area contributed by atoms with Crippen LogP contribution in [-0.4, -0.2) is 53.8 Å². The number of fused-ring (bicyclic) bond motifs is 1. The summed E-state index contributed by atoms with van der Waals surface area (Å²) < 4.78 is 1.94. The quantitative estimate of drug-likeness (QED) is 0.472. The van der Waals surface area contributed by atoms with Crippen LogP contribution >= 0.6 is 0 Å². The lowest BCUT2D eigenvalue weighted by atomic mass is 9.79. The molecule has 2 N–H and O–H groups in total. The van der Waals surface area contributed by atoms with E-state index in [1.54, 1.807) is 24.7 Å². The number of benzene rings is 1. The summed E-state index contributed by atoms with van der Waals surface area (Å²) in [5.74, 6) is 0.983. The summed E-state index contributed by atoms with van der Waals surface area (Å²) in [7, 11) is 2.09. The smallest absolute Gasteiger partial charge is 0.155 e. The molecule has 1 saturated heterocycles. The Morgan fingerprint density at radius 1 is 1.03 bits per heavy atom. The summed E-state index contributed by atoms with van der Waals surface area (Å²) in [5, 5.41) is 23.5. The van der Waals surface area contributed by atoms with Crippen molar-refractivity contribution in [2.24, 2.45) is 0 Å². The summed E-state index contributed by atoms with van der Waals surface area (Å²) >= 11 is 0. The minimum Gasteiger partial charge on any atom is -0.507 e. The Kier molecular flexibility index (Phi) is 5.28. The van der Waals surface area contributed by atoms with Crippen LogP contribution in [0.15, 0.2) is 55.1 Å². The molecule has 0 radical (unpaired) electrons. The van der Waals surface area contributed by atoms with E-state index in [2.05, 4.69) is 65.1 Å². The minimum absolute atomic E-state index is 0.0545. The molecule has 8 heteroatoms. The van der Waals surface area contributed by atoms with Crippen molar-refractivity contribution < 1.29 is 5.11 Å². The highest BCUT2D eigenvalue weighted by Crippen LogP contribution is 2.35. The first-order chi connectivity index (χ1) is 16.1. The van der Waals surface area contributed by atoms with Gasteiger partial charge in [-0.25, -0.2) is 4.98 Å². The largest absolute Gasteiger partial charge is 0.507 e. The first kappa shape index (κ1) is 22.3. The highest BCUT2D eigenvalue weighted by atomic mass is 16.3. The number of phenols is 1. The summed E-state index contributed by atoms with van der Waals surface area (Å²) in [6, 6.07) is 9.83. The van der Waals surface area contributed by atoms with E-state index in [9.17, 15) is 5.11 Å². The molecule has 5 rings (SSSR count). The predicted molar refractivity (Wildman–Crippen MR) is 134 cm³/mol. The highest BCUT2D eigenvalue weighted by molar-refractivity contribution is 5.74. The van der Waals surface area contributed by atoms with E-state index >= 15 is 0 Å². The summed E-state index contributed by atoms with van der Waals surface area (Å²) in [6.45, 7) is 9.00. The number of aromatic hydroxyl groups is 1. The number of aromatic nitrogens is 5. The molecule has 1 aliphatic heterocycles. The van der Waals surface area contributed by atoms with Gasteiger partial charge in [-0.2, -0.15) is 0 Å². The van der Waals surface area contributed by atoms with E-state index in [0.29, 0.717) is 17.3 Å². The average molecular weight is 458 g/mol. The second-order valence-corrected chi connectivity index (χ2v) is 10.5. The highest BCUT2D eigenvalue weighted by Gasteiger charge is 2.39. The van der Waals surface area contributed by atoms with E-state index in [-0.39, 0.29) is 16.8 Å². The molecule has 0 aliphatic carbocycles. The number of rotatable bonds is 4. The van der Waals surface area contributed by atoms with Crippen molar-refractivity contribution in [3.05, 3.63) is 55.1 Å².